The van der Waals surface area contributed by atoms with Crippen LogP contribution < -0.4 is 11.1 Å². The molecule has 0 aliphatic heterocycles. The molecule has 10 heteroatoms. The van der Waals surface area contributed by atoms with Crippen LogP contribution in [0, 0.1) is 17.7 Å². The molecule has 0 radical (unpaired) electrons. The first-order valence-corrected chi connectivity index (χ1v) is 12.5. The van der Waals surface area contributed by atoms with Crippen LogP contribution in [0.4, 0.5) is 10.2 Å². The number of nitrogens with zero attached hydrogens (tertiary/aromatic N) is 6. The van der Waals surface area contributed by atoms with Gasteiger partial charge in [0.1, 0.15) is 11.4 Å². The number of hydrogen-bond donors (Lipinski definition) is 2. The van der Waals surface area contributed by atoms with Gasteiger partial charge in [0.25, 0.3) is 5.91 Å². The first-order chi connectivity index (χ1) is 19.4. The number of pyridine rings is 1. The van der Waals surface area contributed by atoms with Crippen molar-refractivity contribution in [2.24, 2.45) is 7.05 Å². The van der Waals surface area contributed by atoms with Gasteiger partial charge in [-0.25, -0.2) is 18.9 Å². The Bertz CT molecular complexity index is 1980. The Balaban J connectivity index is 1.45. The number of carbonyl (C=O) groups is 1. The summed E-state index contributed by atoms with van der Waals surface area (Å²) in [5.74, 6) is 5.59. The zero-order chi connectivity index (χ0) is 27.8. The molecule has 0 spiro atoms. The fourth-order valence-electron chi connectivity index (χ4n) is 4.62. The van der Waals surface area contributed by atoms with Crippen LogP contribution in [-0.4, -0.2) is 35.3 Å². The second kappa shape index (κ2) is 9.96. The summed E-state index contributed by atoms with van der Waals surface area (Å²) in [5.41, 5.74) is 10.7. The molecule has 196 valence electrons. The average Bonchev–Trinajstić information content (AvgIpc) is 3.52. The third-order valence-corrected chi connectivity index (χ3v) is 6.48. The number of nitrogens with one attached hydrogen (secondary N) is 1. The van der Waals surface area contributed by atoms with Crippen molar-refractivity contribution in [3.63, 3.8) is 0 Å². The molecule has 0 fully saturated rings. The number of amides is 1. The third-order valence-electron chi connectivity index (χ3n) is 6.48. The highest BCUT2D eigenvalue weighted by Gasteiger charge is 2.23. The van der Waals surface area contributed by atoms with Gasteiger partial charge in [0.05, 0.1) is 29.0 Å². The Morgan fingerprint density at radius 2 is 1.98 bits per heavy atom. The molecule has 0 aliphatic carbocycles. The second-order valence-corrected chi connectivity index (χ2v) is 9.30. The molecule has 9 nitrogen and oxygen atoms in total. The molecule has 6 aromatic rings. The highest BCUT2D eigenvalue weighted by molar-refractivity contribution is 6.04. The number of carbonyl (C=O) groups excluding carboxylic acids is 1. The van der Waals surface area contributed by atoms with E-state index in [0.29, 0.717) is 28.0 Å². The Morgan fingerprint density at radius 1 is 1.12 bits per heavy atom. The van der Waals surface area contributed by atoms with E-state index < -0.39 is 11.9 Å². The van der Waals surface area contributed by atoms with Gasteiger partial charge in [0.15, 0.2) is 11.5 Å². The number of fused-ring (bicyclic) bond motifs is 2. The summed E-state index contributed by atoms with van der Waals surface area (Å²) in [6.45, 7) is 1.82. The minimum absolute atomic E-state index is 0.0667. The SMILES string of the molecule is C[C@H](NC(=O)c1c(N)nn2cccnc12)c1nc2cccc(C#Cc3cnn(C)c3)c2cc1-c1cccc(F)c1. The van der Waals surface area contributed by atoms with Gasteiger partial charge in [0, 0.05) is 42.2 Å². The second-order valence-electron chi connectivity index (χ2n) is 9.30. The maximum atomic E-state index is 14.3. The van der Waals surface area contributed by atoms with E-state index in [1.165, 1.54) is 16.6 Å². The normalized spacial score (nSPS) is 11.8. The lowest BCUT2D eigenvalue weighted by Gasteiger charge is -2.19. The summed E-state index contributed by atoms with van der Waals surface area (Å²) >= 11 is 0. The lowest BCUT2D eigenvalue weighted by molar-refractivity contribution is 0.0941. The highest BCUT2D eigenvalue weighted by Crippen LogP contribution is 2.32. The zero-order valence-corrected chi connectivity index (χ0v) is 21.6. The van der Waals surface area contributed by atoms with Crippen molar-refractivity contribution < 1.29 is 9.18 Å². The van der Waals surface area contributed by atoms with Crippen molar-refractivity contribution in [3.8, 4) is 23.0 Å². The van der Waals surface area contributed by atoms with E-state index in [4.69, 9.17) is 10.7 Å². The smallest absolute Gasteiger partial charge is 0.259 e. The Labute approximate surface area is 228 Å². The number of benzene rings is 2. The lowest BCUT2D eigenvalue weighted by Crippen LogP contribution is -2.28. The number of aromatic nitrogens is 6. The van der Waals surface area contributed by atoms with Gasteiger partial charge in [-0.1, -0.05) is 30.0 Å². The maximum absolute atomic E-state index is 14.3. The van der Waals surface area contributed by atoms with Crippen LogP contribution >= 0.6 is 0 Å². The first-order valence-electron chi connectivity index (χ1n) is 12.5. The largest absolute Gasteiger partial charge is 0.381 e. The zero-order valence-electron chi connectivity index (χ0n) is 21.6. The third kappa shape index (κ3) is 4.61. The summed E-state index contributed by atoms with van der Waals surface area (Å²) in [5, 5.41) is 12.1. The van der Waals surface area contributed by atoms with E-state index in [2.05, 4.69) is 32.3 Å². The van der Waals surface area contributed by atoms with Crippen molar-refractivity contribution in [1.82, 2.24) is 34.7 Å². The van der Waals surface area contributed by atoms with Crippen LogP contribution in [0.3, 0.4) is 0 Å². The van der Waals surface area contributed by atoms with Crippen molar-refractivity contribution in [2.45, 2.75) is 13.0 Å². The molecule has 4 heterocycles. The fraction of sp³-hybridized carbons (Fsp3) is 0.100. The minimum Gasteiger partial charge on any atom is -0.381 e. The topological polar surface area (TPSA) is 116 Å². The van der Waals surface area contributed by atoms with Gasteiger partial charge in [0.2, 0.25) is 0 Å². The summed E-state index contributed by atoms with van der Waals surface area (Å²) in [4.78, 5) is 22.6. The number of hydrogen-bond acceptors (Lipinski definition) is 6. The Hall–Kier alpha value is -5.56. The number of halogens is 1. The van der Waals surface area contributed by atoms with Gasteiger partial charge in [-0.05, 0) is 48.9 Å². The summed E-state index contributed by atoms with van der Waals surface area (Å²) in [7, 11) is 1.83. The molecule has 0 aliphatic rings. The minimum atomic E-state index is -0.571. The van der Waals surface area contributed by atoms with E-state index in [1.54, 1.807) is 41.5 Å². The number of nitrogens with two attached hydrogens (primary N) is 1. The summed E-state index contributed by atoms with van der Waals surface area (Å²) in [6.07, 6.45) is 6.77. The standard InChI is InChI=1S/C30H23FN8O/c1-18(35-30(40)26-28(32)37-39-13-5-12-33-29(26)39)27-24(21-7-3-8-22(31)14-21)15-23-20(6-4-9-25(23)36-27)11-10-19-16-34-38(2)17-19/h3-9,12-18H,1-2H3,(H2,32,37)(H,35,40)/t18-/m0/s1. The Morgan fingerprint density at radius 3 is 2.77 bits per heavy atom. The van der Waals surface area contributed by atoms with Crippen molar-refractivity contribution in [1.29, 1.82) is 0 Å². The monoisotopic (exact) mass is 530 g/mol. The molecule has 0 unspecified atom stereocenters. The van der Waals surface area contributed by atoms with Crippen molar-refractivity contribution >= 4 is 28.3 Å². The predicted molar refractivity (Wildman–Crippen MR) is 150 cm³/mol. The fourth-order valence-corrected chi connectivity index (χ4v) is 4.62. The summed E-state index contributed by atoms with van der Waals surface area (Å²) in [6, 6.07) is 15.0. The van der Waals surface area contributed by atoms with Crippen molar-refractivity contribution in [2.75, 3.05) is 5.73 Å². The van der Waals surface area contributed by atoms with E-state index in [-0.39, 0.29) is 17.2 Å². The lowest BCUT2D eigenvalue weighted by atomic mass is 9.96. The molecule has 2 aromatic carbocycles. The van der Waals surface area contributed by atoms with Crippen LogP contribution in [0.25, 0.3) is 27.7 Å². The predicted octanol–water partition coefficient (Wildman–Crippen LogP) is 4.29. The molecular weight excluding hydrogens is 507 g/mol. The van der Waals surface area contributed by atoms with E-state index >= 15 is 0 Å². The van der Waals surface area contributed by atoms with Crippen LogP contribution in [0.15, 0.2) is 79.4 Å². The molecule has 0 bridgehead atoms. The number of rotatable bonds is 4. The number of aryl methyl sites for hydroxylation is 1. The molecule has 1 atom stereocenters. The molecule has 40 heavy (non-hydrogen) atoms. The molecule has 1 amide bonds. The molecule has 6 rings (SSSR count). The highest BCUT2D eigenvalue weighted by atomic mass is 19.1. The molecule has 0 saturated carbocycles. The van der Waals surface area contributed by atoms with E-state index in [1.807, 2.05) is 44.4 Å². The molecule has 0 saturated heterocycles. The van der Waals surface area contributed by atoms with Crippen LogP contribution in [-0.2, 0) is 7.05 Å². The van der Waals surface area contributed by atoms with Gasteiger partial charge in [-0.3, -0.25) is 9.48 Å². The quantitative estimate of drug-likeness (QED) is 0.329. The first kappa shape index (κ1) is 24.8. The molecule has 4 aromatic heterocycles. The molecular formula is C30H23FN8O. The maximum Gasteiger partial charge on any atom is 0.259 e. The van der Waals surface area contributed by atoms with Crippen molar-refractivity contribution in [3.05, 3.63) is 108 Å². The Kier molecular flexibility index (Phi) is 6.16. The van der Waals surface area contributed by atoms with Crippen LogP contribution in [0.1, 0.15) is 40.1 Å². The van der Waals surface area contributed by atoms with Crippen LogP contribution in [0.5, 0.6) is 0 Å². The van der Waals surface area contributed by atoms with Crippen LogP contribution in [0.2, 0.25) is 0 Å². The van der Waals surface area contributed by atoms with Gasteiger partial charge in [-0.2, -0.15) is 5.10 Å². The number of anilines is 1. The summed E-state index contributed by atoms with van der Waals surface area (Å²) < 4.78 is 17.5. The van der Waals surface area contributed by atoms with Gasteiger partial charge >= 0.3 is 0 Å². The number of nitrogen functional groups attached to an aromatic ring is 1. The van der Waals surface area contributed by atoms with E-state index in [9.17, 15) is 9.18 Å². The molecule has 3 N–H and O–H groups in total. The van der Waals surface area contributed by atoms with E-state index in [0.717, 1.165) is 16.5 Å². The van der Waals surface area contributed by atoms with Gasteiger partial charge < -0.3 is 11.1 Å². The van der Waals surface area contributed by atoms with Gasteiger partial charge in [-0.15, -0.1) is 5.10 Å². The average molecular weight is 531 g/mol.